The van der Waals surface area contributed by atoms with Crippen molar-refractivity contribution in [2.45, 2.75) is 33.1 Å². The van der Waals surface area contributed by atoms with Crippen LogP contribution in [0.2, 0.25) is 0 Å². The van der Waals surface area contributed by atoms with Gasteiger partial charge in [-0.05, 0) is 24.6 Å². The summed E-state index contributed by atoms with van der Waals surface area (Å²) in [5.41, 5.74) is 2.13. The van der Waals surface area contributed by atoms with Crippen molar-refractivity contribution in [1.29, 1.82) is 0 Å². The van der Waals surface area contributed by atoms with Crippen molar-refractivity contribution in [2.75, 3.05) is 0 Å². The van der Waals surface area contributed by atoms with E-state index in [2.05, 4.69) is 36.1 Å². The summed E-state index contributed by atoms with van der Waals surface area (Å²) in [5.74, 6) is 0.751. The molecule has 2 heterocycles. The maximum atomic E-state index is 4.22. The Hall–Kier alpha value is -1.71. The molecule has 84 valence electrons. The van der Waals surface area contributed by atoms with Crippen LogP contribution in [0.5, 0.6) is 0 Å². The fourth-order valence-corrected chi connectivity index (χ4v) is 1.39. The first-order chi connectivity index (χ1) is 7.47. The molecule has 0 bridgehead atoms. The second kappa shape index (κ2) is 3.70. The Morgan fingerprint density at radius 2 is 1.88 bits per heavy atom. The first kappa shape index (κ1) is 10.8. The number of aromatic nitrogens is 4. The van der Waals surface area contributed by atoms with Crippen LogP contribution in [0.1, 0.15) is 32.0 Å². The van der Waals surface area contributed by atoms with E-state index in [0.717, 1.165) is 17.1 Å². The summed E-state index contributed by atoms with van der Waals surface area (Å²) >= 11 is 0. The highest BCUT2D eigenvalue weighted by Gasteiger charge is 2.15. The van der Waals surface area contributed by atoms with Crippen LogP contribution < -0.4 is 0 Å². The first-order valence-corrected chi connectivity index (χ1v) is 5.33. The van der Waals surface area contributed by atoms with Gasteiger partial charge in [0.2, 0.25) is 0 Å². The molecule has 16 heavy (non-hydrogen) atoms. The van der Waals surface area contributed by atoms with Gasteiger partial charge in [0.05, 0.1) is 11.9 Å². The summed E-state index contributed by atoms with van der Waals surface area (Å²) in [6, 6.07) is 3.94. The van der Waals surface area contributed by atoms with Crippen LogP contribution in [0.25, 0.3) is 5.82 Å². The van der Waals surface area contributed by atoms with Crippen molar-refractivity contribution in [3.8, 4) is 5.82 Å². The molecule has 0 aliphatic rings. The Morgan fingerprint density at radius 3 is 2.31 bits per heavy atom. The number of nitrogens with zero attached hydrogens (tertiary/aromatic N) is 4. The highest BCUT2D eigenvalue weighted by Crippen LogP contribution is 2.19. The fourth-order valence-electron chi connectivity index (χ4n) is 1.39. The average molecular weight is 216 g/mol. The smallest absolute Gasteiger partial charge is 0.175 e. The monoisotopic (exact) mass is 216 g/mol. The van der Waals surface area contributed by atoms with Crippen LogP contribution in [-0.4, -0.2) is 20.0 Å². The van der Waals surface area contributed by atoms with E-state index in [1.165, 1.54) is 0 Å². The van der Waals surface area contributed by atoms with Gasteiger partial charge in [-0.25, -0.2) is 4.68 Å². The molecule has 0 aliphatic heterocycles. The van der Waals surface area contributed by atoms with Crippen molar-refractivity contribution in [3.63, 3.8) is 0 Å². The average Bonchev–Trinajstić information content (AvgIpc) is 2.64. The predicted octanol–water partition coefficient (Wildman–Crippen LogP) is 2.27. The zero-order valence-corrected chi connectivity index (χ0v) is 10.1. The van der Waals surface area contributed by atoms with Gasteiger partial charge in [0, 0.05) is 11.6 Å². The van der Waals surface area contributed by atoms with Gasteiger partial charge in [-0.1, -0.05) is 20.8 Å². The van der Waals surface area contributed by atoms with Crippen LogP contribution in [-0.2, 0) is 5.41 Å². The topological polar surface area (TPSA) is 43.6 Å². The van der Waals surface area contributed by atoms with E-state index in [-0.39, 0.29) is 5.41 Å². The van der Waals surface area contributed by atoms with Gasteiger partial charge in [-0.2, -0.15) is 10.2 Å². The van der Waals surface area contributed by atoms with Gasteiger partial charge in [0.15, 0.2) is 5.82 Å². The summed E-state index contributed by atoms with van der Waals surface area (Å²) in [7, 11) is 0. The van der Waals surface area contributed by atoms with Crippen LogP contribution in [0, 0.1) is 6.92 Å². The zero-order chi connectivity index (χ0) is 11.8. The van der Waals surface area contributed by atoms with E-state index in [4.69, 9.17) is 0 Å². The maximum absolute atomic E-state index is 4.22. The fraction of sp³-hybridized carbons (Fsp3) is 0.417. The van der Waals surface area contributed by atoms with Gasteiger partial charge in [0.1, 0.15) is 0 Å². The van der Waals surface area contributed by atoms with E-state index in [1.54, 1.807) is 10.9 Å². The van der Waals surface area contributed by atoms with Crippen LogP contribution >= 0.6 is 0 Å². The maximum Gasteiger partial charge on any atom is 0.175 e. The predicted molar refractivity (Wildman–Crippen MR) is 62.6 cm³/mol. The molecule has 4 nitrogen and oxygen atoms in total. The van der Waals surface area contributed by atoms with Gasteiger partial charge >= 0.3 is 0 Å². The number of hydrogen-bond acceptors (Lipinski definition) is 3. The van der Waals surface area contributed by atoms with Crippen molar-refractivity contribution in [1.82, 2.24) is 20.0 Å². The lowest BCUT2D eigenvalue weighted by Gasteiger charge is -2.16. The summed E-state index contributed by atoms with van der Waals surface area (Å²) in [6.07, 6.45) is 3.74. The Bertz CT molecular complexity index is 476. The van der Waals surface area contributed by atoms with E-state index in [1.807, 2.05) is 25.3 Å². The third kappa shape index (κ3) is 2.10. The molecule has 2 rings (SSSR count). The Morgan fingerprint density at radius 1 is 1.12 bits per heavy atom. The molecule has 4 heteroatoms. The molecular weight excluding hydrogens is 200 g/mol. The molecule has 0 fully saturated rings. The third-order valence-corrected chi connectivity index (χ3v) is 2.37. The van der Waals surface area contributed by atoms with Crippen LogP contribution in [0.4, 0.5) is 0 Å². The molecule has 0 saturated carbocycles. The molecule has 0 unspecified atom stereocenters. The van der Waals surface area contributed by atoms with Gasteiger partial charge in [-0.3, -0.25) is 0 Å². The molecule has 0 atom stereocenters. The molecular formula is C12H16N4. The number of rotatable bonds is 1. The van der Waals surface area contributed by atoms with Crippen LogP contribution in [0.15, 0.2) is 24.5 Å². The van der Waals surface area contributed by atoms with Gasteiger partial charge < -0.3 is 0 Å². The lowest BCUT2D eigenvalue weighted by molar-refractivity contribution is 0.556. The molecule has 0 spiro atoms. The highest BCUT2D eigenvalue weighted by molar-refractivity contribution is 5.24. The molecule has 2 aromatic rings. The minimum absolute atomic E-state index is 0.0333. The molecule has 0 N–H and O–H groups in total. The lowest BCUT2D eigenvalue weighted by Crippen LogP contribution is -2.15. The van der Waals surface area contributed by atoms with Crippen molar-refractivity contribution >= 4 is 0 Å². The molecule has 0 aromatic carbocycles. The van der Waals surface area contributed by atoms with E-state index in [9.17, 15) is 0 Å². The largest absolute Gasteiger partial charge is 0.221 e. The van der Waals surface area contributed by atoms with Gasteiger partial charge in [-0.15, -0.1) is 5.10 Å². The Balaban J connectivity index is 2.33. The van der Waals surface area contributed by atoms with Gasteiger partial charge in [0.25, 0.3) is 0 Å². The van der Waals surface area contributed by atoms with E-state index >= 15 is 0 Å². The van der Waals surface area contributed by atoms with Crippen LogP contribution in [0.3, 0.4) is 0 Å². The summed E-state index contributed by atoms with van der Waals surface area (Å²) in [5, 5.41) is 12.6. The number of aryl methyl sites for hydroxylation is 1. The van der Waals surface area contributed by atoms with Crippen molar-refractivity contribution in [2.24, 2.45) is 0 Å². The van der Waals surface area contributed by atoms with E-state index in [0.29, 0.717) is 0 Å². The molecule has 2 aromatic heterocycles. The summed E-state index contributed by atoms with van der Waals surface area (Å²) in [6.45, 7) is 8.36. The molecule has 0 radical (unpaired) electrons. The summed E-state index contributed by atoms with van der Waals surface area (Å²) < 4.78 is 1.73. The van der Waals surface area contributed by atoms with Crippen molar-refractivity contribution < 1.29 is 0 Å². The second-order valence-corrected chi connectivity index (χ2v) is 4.99. The SMILES string of the molecule is Cc1cnn(-c2ccc(C(C)(C)C)nn2)c1. The zero-order valence-electron chi connectivity index (χ0n) is 10.1. The first-order valence-electron chi connectivity index (χ1n) is 5.33. The minimum Gasteiger partial charge on any atom is -0.221 e. The minimum atomic E-state index is 0.0333. The second-order valence-electron chi connectivity index (χ2n) is 4.99. The normalized spacial score (nSPS) is 11.8. The summed E-state index contributed by atoms with van der Waals surface area (Å²) in [4.78, 5) is 0. The van der Waals surface area contributed by atoms with Crippen molar-refractivity contribution in [3.05, 3.63) is 35.8 Å². The number of hydrogen-bond donors (Lipinski definition) is 0. The van der Waals surface area contributed by atoms with E-state index < -0.39 is 0 Å². The third-order valence-electron chi connectivity index (χ3n) is 2.37. The standard InChI is InChI=1S/C12H16N4/c1-9-7-13-16(8-9)11-6-5-10(14-15-11)12(2,3)4/h5-8H,1-4H3. The molecule has 0 saturated heterocycles. The Labute approximate surface area is 95.3 Å². The molecule has 0 aliphatic carbocycles. The highest BCUT2D eigenvalue weighted by atomic mass is 15.3. The molecule has 0 amide bonds. The lowest BCUT2D eigenvalue weighted by atomic mass is 9.92. The Kier molecular flexibility index (Phi) is 2.50. The quantitative estimate of drug-likeness (QED) is 0.734.